The number of amides is 1. The second-order valence-electron chi connectivity index (χ2n) is 4.47. The summed E-state index contributed by atoms with van der Waals surface area (Å²) in [5.74, 6) is -0.935. The van der Waals surface area contributed by atoms with Crippen LogP contribution in [0.3, 0.4) is 0 Å². The average molecular weight is 276 g/mol. The Hall–Kier alpha value is -2.44. The number of nitrogens with one attached hydrogen (secondary N) is 1. The number of nitrogens with zero attached hydrogens (tertiary/aromatic N) is 3. The van der Waals surface area contributed by atoms with Crippen LogP contribution in [0.15, 0.2) is 24.7 Å². The van der Waals surface area contributed by atoms with E-state index in [-0.39, 0.29) is 12.3 Å². The van der Waals surface area contributed by atoms with E-state index in [9.17, 15) is 9.59 Å². The smallest absolute Gasteiger partial charge is 0.303 e. The summed E-state index contributed by atoms with van der Waals surface area (Å²) >= 11 is 0. The highest BCUT2D eigenvalue weighted by Crippen LogP contribution is 2.04. The maximum Gasteiger partial charge on any atom is 0.303 e. The van der Waals surface area contributed by atoms with Gasteiger partial charge in [-0.2, -0.15) is 0 Å². The molecule has 0 unspecified atom stereocenters. The normalized spacial score (nSPS) is 10.6. The van der Waals surface area contributed by atoms with E-state index in [4.69, 9.17) is 5.11 Å². The van der Waals surface area contributed by atoms with Gasteiger partial charge in [-0.25, -0.2) is 0 Å². The SMILES string of the molecule is O=C(O)CCCCCNC(=O)c1ccc2nncn2c1. The minimum Gasteiger partial charge on any atom is -0.481 e. The predicted octanol–water partition coefficient (Wildman–Crippen LogP) is 1.10. The van der Waals surface area contributed by atoms with Gasteiger partial charge < -0.3 is 10.4 Å². The standard InChI is InChI=1S/C13H16N4O3/c18-12(19)4-2-1-3-7-14-13(20)10-5-6-11-16-15-9-17(11)8-10/h5-6,8-9H,1-4,7H2,(H,14,20)(H,18,19). The minimum absolute atomic E-state index is 0.154. The van der Waals surface area contributed by atoms with E-state index >= 15 is 0 Å². The Morgan fingerprint density at radius 3 is 2.90 bits per heavy atom. The largest absolute Gasteiger partial charge is 0.481 e. The fourth-order valence-corrected chi connectivity index (χ4v) is 1.84. The molecule has 0 saturated carbocycles. The zero-order valence-corrected chi connectivity index (χ0v) is 11.0. The summed E-state index contributed by atoms with van der Waals surface area (Å²) in [6.45, 7) is 0.540. The van der Waals surface area contributed by atoms with Gasteiger partial charge in [0.25, 0.3) is 5.91 Å². The fraction of sp³-hybridized carbons (Fsp3) is 0.385. The molecule has 2 aromatic heterocycles. The van der Waals surface area contributed by atoms with Gasteiger partial charge >= 0.3 is 5.97 Å². The van der Waals surface area contributed by atoms with Gasteiger partial charge in [-0.3, -0.25) is 14.0 Å². The van der Waals surface area contributed by atoms with Gasteiger partial charge in [0.05, 0.1) is 5.56 Å². The van der Waals surface area contributed by atoms with E-state index in [2.05, 4.69) is 15.5 Å². The number of aromatic nitrogens is 3. The lowest BCUT2D eigenvalue weighted by Gasteiger charge is -2.05. The van der Waals surface area contributed by atoms with Gasteiger partial charge in [-0.15, -0.1) is 10.2 Å². The number of hydrogen-bond acceptors (Lipinski definition) is 4. The molecule has 0 spiro atoms. The molecule has 7 heteroatoms. The Morgan fingerprint density at radius 1 is 1.25 bits per heavy atom. The van der Waals surface area contributed by atoms with E-state index in [0.717, 1.165) is 12.8 Å². The number of unbranched alkanes of at least 4 members (excludes halogenated alkanes) is 2. The van der Waals surface area contributed by atoms with Crippen molar-refractivity contribution in [2.75, 3.05) is 6.54 Å². The summed E-state index contributed by atoms with van der Waals surface area (Å²) in [6.07, 6.45) is 5.59. The zero-order chi connectivity index (χ0) is 14.4. The number of hydrogen-bond donors (Lipinski definition) is 2. The number of pyridine rings is 1. The first-order valence-corrected chi connectivity index (χ1v) is 6.46. The molecule has 0 aromatic carbocycles. The molecule has 7 nitrogen and oxygen atoms in total. The molecule has 106 valence electrons. The van der Waals surface area contributed by atoms with Crippen molar-refractivity contribution >= 4 is 17.5 Å². The second kappa shape index (κ2) is 6.65. The molecule has 0 aliphatic carbocycles. The zero-order valence-electron chi connectivity index (χ0n) is 11.0. The molecule has 1 amide bonds. The highest BCUT2D eigenvalue weighted by Gasteiger charge is 2.06. The van der Waals surface area contributed by atoms with E-state index in [1.165, 1.54) is 6.33 Å². The van der Waals surface area contributed by atoms with Crippen molar-refractivity contribution in [3.8, 4) is 0 Å². The molecule has 0 bridgehead atoms. The fourth-order valence-electron chi connectivity index (χ4n) is 1.84. The molecule has 0 saturated heterocycles. The molecule has 0 aliphatic heterocycles. The van der Waals surface area contributed by atoms with Gasteiger partial charge in [0.15, 0.2) is 5.65 Å². The molecular weight excluding hydrogens is 260 g/mol. The first kappa shape index (κ1) is 14.0. The van der Waals surface area contributed by atoms with Crippen molar-refractivity contribution in [3.63, 3.8) is 0 Å². The van der Waals surface area contributed by atoms with Crippen molar-refractivity contribution in [1.29, 1.82) is 0 Å². The summed E-state index contributed by atoms with van der Waals surface area (Å²) < 4.78 is 1.68. The number of carbonyl (C=O) groups is 2. The summed E-state index contributed by atoms with van der Waals surface area (Å²) in [5.41, 5.74) is 1.23. The molecule has 2 heterocycles. The van der Waals surface area contributed by atoms with Crippen molar-refractivity contribution in [2.24, 2.45) is 0 Å². The van der Waals surface area contributed by atoms with Gasteiger partial charge in [0, 0.05) is 19.2 Å². The average Bonchev–Trinajstić information content (AvgIpc) is 2.89. The Bertz CT molecular complexity index is 608. The summed E-state index contributed by atoms with van der Waals surface area (Å²) in [5, 5.41) is 18.9. The van der Waals surface area contributed by atoms with E-state index in [0.29, 0.717) is 24.2 Å². The Labute approximate surface area is 115 Å². The predicted molar refractivity (Wildman–Crippen MR) is 71.4 cm³/mol. The molecule has 0 radical (unpaired) electrons. The van der Waals surface area contributed by atoms with Crippen molar-refractivity contribution in [2.45, 2.75) is 25.7 Å². The van der Waals surface area contributed by atoms with Gasteiger partial charge in [0.1, 0.15) is 6.33 Å². The third kappa shape index (κ3) is 3.78. The van der Waals surface area contributed by atoms with Crippen LogP contribution in [0, 0.1) is 0 Å². The molecule has 2 aromatic rings. The lowest BCUT2D eigenvalue weighted by atomic mass is 10.2. The van der Waals surface area contributed by atoms with Crippen molar-refractivity contribution in [3.05, 3.63) is 30.2 Å². The number of rotatable bonds is 7. The van der Waals surface area contributed by atoms with E-state index in [1.54, 1.807) is 22.7 Å². The maximum absolute atomic E-state index is 11.9. The number of carboxylic acids is 1. The number of aliphatic carboxylic acids is 1. The third-order valence-corrected chi connectivity index (χ3v) is 2.91. The third-order valence-electron chi connectivity index (χ3n) is 2.91. The van der Waals surface area contributed by atoms with Gasteiger partial charge in [0.2, 0.25) is 0 Å². The summed E-state index contributed by atoms with van der Waals surface area (Å²) in [7, 11) is 0. The number of carbonyl (C=O) groups excluding carboxylic acids is 1. The van der Waals surface area contributed by atoms with E-state index < -0.39 is 5.97 Å². The first-order chi connectivity index (χ1) is 9.66. The number of carboxylic acid groups (broad SMARTS) is 1. The highest BCUT2D eigenvalue weighted by molar-refractivity contribution is 5.94. The van der Waals surface area contributed by atoms with Gasteiger partial charge in [-0.1, -0.05) is 6.42 Å². The van der Waals surface area contributed by atoms with Crippen LogP contribution in [0.5, 0.6) is 0 Å². The van der Waals surface area contributed by atoms with E-state index in [1.807, 2.05) is 0 Å². The number of fused-ring (bicyclic) bond motifs is 1. The quantitative estimate of drug-likeness (QED) is 0.738. The topological polar surface area (TPSA) is 96.6 Å². The second-order valence-corrected chi connectivity index (χ2v) is 4.47. The maximum atomic E-state index is 11.9. The molecule has 20 heavy (non-hydrogen) atoms. The molecule has 0 fully saturated rings. The molecule has 2 N–H and O–H groups in total. The summed E-state index contributed by atoms with van der Waals surface area (Å²) in [6, 6.07) is 3.43. The van der Waals surface area contributed by atoms with Crippen molar-refractivity contribution in [1.82, 2.24) is 19.9 Å². The first-order valence-electron chi connectivity index (χ1n) is 6.46. The van der Waals surface area contributed by atoms with Crippen LogP contribution in [0.2, 0.25) is 0 Å². The molecule has 0 aliphatic rings. The summed E-state index contributed by atoms with van der Waals surface area (Å²) in [4.78, 5) is 22.2. The minimum atomic E-state index is -0.781. The molecular formula is C13H16N4O3. The van der Waals surface area contributed by atoms with Crippen LogP contribution in [-0.2, 0) is 4.79 Å². The van der Waals surface area contributed by atoms with Crippen molar-refractivity contribution < 1.29 is 14.7 Å². The van der Waals surface area contributed by atoms with Crippen LogP contribution in [0.25, 0.3) is 5.65 Å². The van der Waals surface area contributed by atoms with Gasteiger partial charge in [-0.05, 0) is 25.0 Å². The lowest BCUT2D eigenvalue weighted by Crippen LogP contribution is -2.24. The van der Waals surface area contributed by atoms with Crippen LogP contribution in [-0.4, -0.2) is 38.1 Å². The highest BCUT2D eigenvalue weighted by atomic mass is 16.4. The van der Waals surface area contributed by atoms with Crippen LogP contribution in [0.1, 0.15) is 36.0 Å². The lowest BCUT2D eigenvalue weighted by molar-refractivity contribution is -0.137. The van der Waals surface area contributed by atoms with Crippen LogP contribution >= 0.6 is 0 Å². The molecule has 2 rings (SSSR count). The monoisotopic (exact) mass is 276 g/mol. The molecule has 0 atom stereocenters. The van der Waals surface area contributed by atoms with Crippen LogP contribution in [0.4, 0.5) is 0 Å². The Balaban J connectivity index is 1.75. The Kier molecular flexibility index (Phi) is 4.65. The van der Waals surface area contributed by atoms with Crippen LogP contribution < -0.4 is 5.32 Å². The Morgan fingerprint density at radius 2 is 2.10 bits per heavy atom.